The van der Waals surface area contributed by atoms with Crippen LogP contribution in [0.4, 0.5) is 5.69 Å². The van der Waals surface area contributed by atoms with Crippen molar-refractivity contribution in [2.75, 3.05) is 4.90 Å². The Hall–Kier alpha value is -2.98. The van der Waals surface area contributed by atoms with Gasteiger partial charge in [-0.25, -0.2) is 4.90 Å². The van der Waals surface area contributed by atoms with E-state index in [2.05, 4.69) is 0 Å². The van der Waals surface area contributed by atoms with Crippen LogP contribution < -0.4 is 4.90 Å². The quantitative estimate of drug-likeness (QED) is 0.746. The number of thiophene rings is 1. The van der Waals surface area contributed by atoms with Crippen LogP contribution in [0.5, 0.6) is 0 Å². The lowest BCUT2D eigenvalue weighted by atomic mass is 10.1. The summed E-state index contributed by atoms with van der Waals surface area (Å²) >= 11 is 1.35. The molecule has 1 atom stereocenters. The van der Waals surface area contributed by atoms with E-state index in [0.717, 1.165) is 30.6 Å². The number of imide groups is 1. The van der Waals surface area contributed by atoms with Gasteiger partial charge in [-0.2, -0.15) is 5.26 Å². The maximum absolute atomic E-state index is 13.2. The number of amides is 3. The number of anilines is 1. The standard InChI is InChI=1S/C21H19N3O3S/c22-13-14-7-9-16(10-8-14)24-19(25)12-17(20(24)26)23(15-4-1-2-5-15)21(27)18-6-3-11-28-18/h3,6-11,15,17H,1-2,4-5,12H2. The molecule has 0 radical (unpaired) electrons. The molecule has 3 amide bonds. The normalized spacial score (nSPS) is 19.8. The van der Waals surface area contributed by atoms with Crippen LogP contribution in [-0.4, -0.2) is 34.7 Å². The minimum atomic E-state index is -0.777. The van der Waals surface area contributed by atoms with Gasteiger partial charge in [0, 0.05) is 6.04 Å². The van der Waals surface area contributed by atoms with Crippen LogP contribution in [0.1, 0.15) is 47.3 Å². The van der Waals surface area contributed by atoms with E-state index in [1.165, 1.54) is 11.3 Å². The van der Waals surface area contributed by atoms with Crippen LogP contribution >= 0.6 is 11.3 Å². The van der Waals surface area contributed by atoms with Crippen molar-refractivity contribution in [1.29, 1.82) is 5.26 Å². The fraction of sp³-hybridized carbons (Fsp3) is 0.333. The Labute approximate surface area is 167 Å². The number of carbonyl (C=O) groups is 3. The van der Waals surface area contributed by atoms with Crippen molar-refractivity contribution in [1.82, 2.24) is 4.90 Å². The molecule has 0 bridgehead atoms. The third kappa shape index (κ3) is 3.20. The number of hydrogen-bond donors (Lipinski definition) is 0. The molecule has 1 aromatic heterocycles. The lowest BCUT2D eigenvalue weighted by molar-refractivity contribution is -0.123. The van der Waals surface area contributed by atoms with Crippen molar-refractivity contribution in [3.8, 4) is 6.07 Å². The fourth-order valence-electron chi connectivity index (χ4n) is 4.06. The first-order valence-corrected chi connectivity index (χ1v) is 10.2. The molecule has 1 aliphatic carbocycles. The smallest absolute Gasteiger partial charge is 0.264 e. The van der Waals surface area contributed by atoms with Crippen LogP contribution in [0.25, 0.3) is 0 Å². The highest BCUT2D eigenvalue weighted by Gasteiger charge is 2.47. The van der Waals surface area contributed by atoms with Gasteiger partial charge in [-0.15, -0.1) is 11.3 Å². The molecule has 0 spiro atoms. The van der Waals surface area contributed by atoms with Gasteiger partial charge >= 0.3 is 0 Å². The molecule has 2 aromatic rings. The third-order valence-electron chi connectivity index (χ3n) is 5.40. The zero-order valence-electron chi connectivity index (χ0n) is 15.2. The number of benzene rings is 1. The van der Waals surface area contributed by atoms with E-state index >= 15 is 0 Å². The van der Waals surface area contributed by atoms with Gasteiger partial charge in [-0.05, 0) is 48.6 Å². The van der Waals surface area contributed by atoms with Gasteiger partial charge in [0.05, 0.1) is 28.6 Å². The van der Waals surface area contributed by atoms with Crippen LogP contribution in [0, 0.1) is 11.3 Å². The van der Waals surface area contributed by atoms with Crippen molar-refractivity contribution in [3.63, 3.8) is 0 Å². The van der Waals surface area contributed by atoms with Crippen molar-refractivity contribution < 1.29 is 14.4 Å². The second kappa shape index (κ2) is 7.56. The van der Waals surface area contributed by atoms with Gasteiger partial charge in [0.25, 0.3) is 11.8 Å². The molecule has 2 heterocycles. The largest absolute Gasteiger partial charge is 0.322 e. The van der Waals surface area contributed by atoms with E-state index < -0.39 is 6.04 Å². The number of rotatable bonds is 4. The molecule has 1 aromatic carbocycles. The predicted octanol–water partition coefficient (Wildman–Crippen LogP) is 3.34. The Kier molecular flexibility index (Phi) is 4.97. The zero-order chi connectivity index (χ0) is 19.7. The maximum atomic E-state index is 13.2. The molecule has 1 saturated carbocycles. The SMILES string of the molecule is N#Cc1ccc(N2C(=O)CC(N(C(=O)c3cccs3)C3CCCC3)C2=O)cc1. The van der Waals surface area contributed by atoms with E-state index in [4.69, 9.17) is 5.26 Å². The van der Waals surface area contributed by atoms with E-state index in [0.29, 0.717) is 16.1 Å². The summed E-state index contributed by atoms with van der Waals surface area (Å²) in [6, 6.07) is 11.1. The molecule has 0 N–H and O–H groups in total. The summed E-state index contributed by atoms with van der Waals surface area (Å²) in [6.45, 7) is 0. The van der Waals surface area contributed by atoms with Gasteiger partial charge < -0.3 is 4.90 Å². The molecule has 1 unspecified atom stereocenters. The molecule has 7 heteroatoms. The van der Waals surface area contributed by atoms with Crippen LogP contribution in [0.2, 0.25) is 0 Å². The molecular weight excluding hydrogens is 374 g/mol. The first kappa shape index (κ1) is 18.4. The number of hydrogen-bond acceptors (Lipinski definition) is 5. The average Bonchev–Trinajstić information content (AvgIpc) is 3.46. The summed E-state index contributed by atoms with van der Waals surface area (Å²) in [4.78, 5) is 42.4. The molecule has 2 aliphatic rings. The van der Waals surface area contributed by atoms with Gasteiger partial charge in [-0.1, -0.05) is 18.9 Å². The number of carbonyl (C=O) groups excluding carboxylic acids is 3. The topological polar surface area (TPSA) is 81.5 Å². The Balaban J connectivity index is 1.65. The lowest BCUT2D eigenvalue weighted by Crippen LogP contribution is -2.49. The summed E-state index contributed by atoms with van der Waals surface area (Å²) < 4.78 is 0. The van der Waals surface area contributed by atoms with E-state index in [-0.39, 0.29) is 30.2 Å². The molecule has 2 fully saturated rings. The van der Waals surface area contributed by atoms with Gasteiger partial charge in [0.2, 0.25) is 5.91 Å². The first-order chi connectivity index (χ1) is 13.6. The second-order valence-electron chi connectivity index (χ2n) is 7.07. The summed E-state index contributed by atoms with van der Waals surface area (Å²) in [5.74, 6) is -0.858. The van der Waals surface area contributed by atoms with Crippen molar-refractivity contribution >= 4 is 34.7 Å². The third-order valence-corrected chi connectivity index (χ3v) is 6.26. The Morgan fingerprint density at radius 3 is 2.46 bits per heavy atom. The summed E-state index contributed by atoms with van der Waals surface area (Å²) in [7, 11) is 0. The highest BCUT2D eigenvalue weighted by molar-refractivity contribution is 7.12. The lowest BCUT2D eigenvalue weighted by Gasteiger charge is -2.32. The van der Waals surface area contributed by atoms with Crippen molar-refractivity contribution in [2.45, 2.75) is 44.2 Å². The van der Waals surface area contributed by atoms with E-state index in [1.807, 2.05) is 17.5 Å². The highest BCUT2D eigenvalue weighted by Crippen LogP contribution is 2.33. The first-order valence-electron chi connectivity index (χ1n) is 9.33. The molecule has 28 heavy (non-hydrogen) atoms. The summed E-state index contributed by atoms with van der Waals surface area (Å²) in [6.07, 6.45) is 3.74. The fourth-order valence-corrected chi connectivity index (χ4v) is 4.73. The second-order valence-corrected chi connectivity index (χ2v) is 8.02. The van der Waals surface area contributed by atoms with E-state index in [9.17, 15) is 14.4 Å². The van der Waals surface area contributed by atoms with Gasteiger partial charge in [0.1, 0.15) is 6.04 Å². The molecular formula is C21H19N3O3S. The summed E-state index contributed by atoms with van der Waals surface area (Å²) in [5.41, 5.74) is 0.895. The minimum absolute atomic E-state index is 0.00749. The van der Waals surface area contributed by atoms with Crippen LogP contribution in [0.15, 0.2) is 41.8 Å². The van der Waals surface area contributed by atoms with E-state index in [1.54, 1.807) is 35.2 Å². The Morgan fingerprint density at radius 2 is 1.86 bits per heavy atom. The van der Waals surface area contributed by atoms with Gasteiger partial charge in [-0.3, -0.25) is 14.4 Å². The monoisotopic (exact) mass is 393 g/mol. The predicted molar refractivity (Wildman–Crippen MR) is 105 cm³/mol. The molecule has 6 nitrogen and oxygen atoms in total. The molecule has 1 saturated heterocycles. The van der Waals surface area contributed by atoms with Crippen molar-refractivity contribution in [2.24, 2.45) is 0 Å². The van der Waals surface area contributed by atoms with Crippen LogP contribution in [0.3, 0.4) is 0 Å². The number of nitriles is 1. The highest BCUT2D eigenvalue weighted by atomic mass is 32.1. The Bertz CT molecular complexity index is 940. The minimum Gasteiger partial charge on any atom is -0.322 e. The van der Waals surface area contributed by atoms with Gasteiger partial charge in [0.15, 0.2) is 0 Å². The molecule has 142 valence electrons. The molecule has 1 aliphatic heterocycles. The molecule has 4 rings (SSSR count). The summed E-state index contributed by atoms with van der Waals surface area (Å²) in [5, 5.41) is 10.8. The number of nitrogens with zero attached hydrogens (tertiary/aromatic N) is 3. The Morgan fingerprint density at radius 1 is 1.14 bits per heavy atom. The van der Waals surface area contributed by atoms with Crippen molar-refractivity contribution in [3.05, 3.63) is 52.2 Å². The average molecular weight is 393 g/mol. The zero-order valence-corrected chi connectivity index (χ0v) is 16.0. The van der Waals surface area contributed by atoms with Crippen LogP contribution in [-0.2, 0) is 9.59 Å². The maximum Gasteiger partial charge on any atom is 0.264 e.